The number of aliphatic hydroxyl groups is 2. The van der Waals surface area contributed by atoms with Crippen LogP contribution in [0.2, 0.25) is 0 Å². The van der Waals surface area contributed by atoms with E-state index in [-0.39, 0.29) is 19.5 Å². The molecule has 0 saturated heterocycles. The smallest absolute Gasteiger partial charge is 0.321 e. The first-order chi connectivity index (χ1) is 7.73. The Morgan fingerprint density at radius 2 is 1.59 bits per heavy atom. The number of nitrogens with zero attached hydrogens (tertiary/aromatic N) is 1. The minimum absolute atomic E-state index is 0.0507. The Labute approximate surface area is 99.8 Å². The quantitative estimate of drug-likeness (QED) is 0.409. The molecule has 0 fully saturated rings. The largest absolute Gasteiger partial charge is 0.480 e. The highest BCUT2D eigenvalue weighted by Crippen LogP contribution is 2.07. The molecular weight excluding hydrogens is 228 g/mol. The molecule has 17 heavy (non-hydrogen) atoms. The summed E-state index contributed by atoms with van der Waals surface area (Å²) in [5.74, 6) is -1.94. The predicted molar refractivity (Wildman–Crippen MR) is 60.2 cm³/mol. The monoisotopic (exact) mass is 248 g/mol. The lowest BCUT2D eigenvalue weighted by Gasteiger charge is -2.30. The van der Waals surface area contributed by atoms with Gasteiger partial charge in [-0.2, -0.15) is 0 Å². The van der Waals surface area contributed by atoms with E-state index >= 15 is 0 Å². The van der Waals surface area contributed by atoms with Gasteiger partial charge in [-0.1, -0.05) is 0 Å². The fourth-order valence-electron chi connectivity index (χ4n) is 1.57. The van der Waals surface area contributed by atoms with Crippen LogP contribution >= 0.6 is 0 Å². The van der Waals surface area contributed by atoms with Crippen LogP contribution in [0.25, 0.3) is 0 Å². The van der Waals surface area contributed by atoms with E-state index in [4.69, 9.17) is 10.8 Å². The number of carbonyl (C=O) groups excluding carboxylic acids is 1. The molecule has 0 radical (unpaired) electrons. The molecule has 3 atom stereocenters. The van der Waals surface area contributed by atoms with Gasteiger partial charge in [0.2, 0.25) is 5.91 Å². The van der Waals surface area contributed by atoms with Gasteiger partial charge in [-0.25, -0.2) is 0 Å². The summed E-state index contributed by atoms with van der Waals surface area (Å²) in [5.41, 5.74) is 4.98. The van der Waals surface area contributed by atoms with Gasteiger partial charge in [0.25, 0.3) is 0 Å². The highest BCUT2D eigenvalue weighted by molar-refractivity contribution is 5.83. The van der Waals surface area contributed by atoms with E-state index in [9.17, 15) is 19.8 Å². The van der Waals surface area contributed by atoms with E-state index in [0.29, 0.717) is 0 Å². The van der Waals surface area contributed by atoms with E-state index in [2.05, 4.69) is 0 Å². The van der Waals surface area contributed by atoms with Gasteiger partial charge >= 0.3 is 5.97 Å². The number of carboxylic acids is 1. The Hall–Kier alpha value is -1.18. The Morgan fingerprint density at radius 1 is 1.18 bits per heavy atom. The second kappa shape index (κ2) is 7.21. The van der Waals surface area contributed by atoms with Crippen LogP contribution in [-0.4, -0.2) is 63.4 Å². The van der Waals surface area contributed by atoms with Crippen LogP contribution in [0.5, 0.6) is 0 Å². The average Bonchev–Trinajstić information content (AvgIpc) is 2.10. The normalized spacial score (nSPS) is 16.5. The van der Waals surface area contributed by atoms with E-state index < -0.39 is 30.1 Å². The lowest BCUT2D eigenvalue weighted by Crippen LogP contribution is -2.49. The van der Waals surface area contributed by atoms with Crippen molar-refractivity contribution in [3.8, 4) is 0 Å². The SMILES string of the molecule is CC(O)CN(CC(C)O)[C@@H](CC(N)=O)C(=O)O. The summed E-state index contributed by atoms with van der Waals surface area (Å²) in [6.07, 6.45) is -1.87. The molecule has 0 aromatic carbocycles. The van der Waals surface area contributed by atoms with Gasteiger partial charge in [0.15, 0.2) is 0 Å². The summed E-state index contributed by atoms with van der Waals surface area (Å²) in [7, 11) is 0. The lowest BCUT2D eigenvalue weighted by molar-refractivity contribution is -0.146. The summed E-state index contributed by atoms with van der Waals surface area (Å²) in [6, 6.07) is -1.13. The van der Waals surface area contributed by atoms with Crippen LogP contribution in [0.4, 0.5) is 0 Å². The van der Waals surface area contributed by atoms with E-state index in [1.54, 1.807) is 0 Å². The van der Waals surface area contributed by atoms with Gasteiger partial charge in [-0.05, 0) is 13.8 Å². The molecular formula is C10H20N2O5. The van der Waals surface area contributed by atoms with Crippen molar-refractivity contribution in [2.45, 2.75) is 38.5 Å². The molecule has 0 rings (SSSR count). The molecule has 0 aliphatic carbocycles. The third-order valence-electron chi connectivity index (χ3n) is 2.12. The van der Waals surface area contributed by atoms with Gasteiger partial charge in [0, 0.05) is 13.1 Å². The van der Waals surface area contributed by atoms with Crippen LogP contribution < -0.4 is 5.73 Å². The second-order valence-corrected chi connectivity index (χ2v) is 4.18. The highest BCUT2D eigenvalue weighted by Gasteiger charge is 2.28. The van der Waals surface area contributed by atoms with Crippen molar-refractivity contribution < 1.29 is 24.9 Å². The number of primary amides is 1. The zero-order chi connectivity index (χ0) is 13.6. The lowest BCUT2D eigenvalue weighted by atomic mass is 10.1. The molecule has 100 valence electrons. The van der Waals surface area contributed by atoms with Crippen LogP contribution in [0.15, 0.2) is 0 Å². The topological polar surface area (TPSA) is 124 Å². The van der Waals surface area contributed by atoms with Crippen molar-refractivity contribution in [1.29, 1.82) is 0 Å². The van der Waals surface area contributed by atoms with E-state index in [1.807, 2.05) is 0 Å². The number of aliphatic hydroxyl groups excluding tert-OH is 2. The molecule has 7 heteroatoms. The molecule has 1 amide bonds. The van der Waals surface area contributed by atoms with Crippen LogP contribution in [-0.2, 0) is 9.59 Å². The molecule has 5 N–H and O–H groups in total. The van der Waals surface area contributed by atoms with Crippen molar-refractivity contribution in [2.24, 2.45) is 5.73 Å². The minimum atomic E-state index is -1.20. The second-order valence-electron chi connectivity index (χ2n) is 4.18. The predicted octanol–water partition coefficient (Wildman–Crippen LogP) is -1.62. The fourth-order valence-corrected chi connectivity index (χ4v) is 1.57. The van der Waals surface area contributed by atoms with Gasteiger partial charge in [-0.3, -0.25) is 14.5 Å². The third kappa shape index (κ3) is 6.88. The molecule has 0 bridgehead atoms. The molecule has 0 spiro atoms. The van der Waals surface area contributed by atoms with E-state index in [1.165, 1.54) is 18.7 Å². The van der Waals surface area contributed by atoms with Crippen LogP contribution in [0.1, 0.15) is 20.3 Å². The van der Waals surface area contributed by atoms with Crippen molar-refractivity contribution in [2.75, 3.05) is 13.1 Å². The number of hydrogen-bond donors (Lipinski definition) is 4. The molecule has 0 heterocycles. The first-order valence-corrected chi connectivity index (χ1v) is 5.35. The van der Waals surface area contributed by atoms with E-state index in [0.717, 1.165) is 0 Å². The molecule has 0 aromatic rings. The maximum absolute atomic E-state index is 11.0. The average molecular weight is 248 g/mol. The summed E-state index contributed by atoms with van der Waals surface area (Å²) in [5, 5.41) is 27.5. The fraction of sp³-hybridized carbons (Fsp3) is 0.800. The van der Waals surface area contributed by atoms with Gasteiger partial charge in [-0.15, -0.1) is 0 Å². The zero-order valence-electron chi connectivity index (χ0n) is 10.0. The number of hydrogen-bond acceptors (Lipinski definition) is 5. The summed E-state index contributed by atoms with van der Waals surface area (Å²) < 4.78 is 0. The first kappa shape index (κ1) is 15.8. The molecule has 2 unspecified atom stereocenters. The maximum atomic E-state index is 11.0. The number of aliphatic carboxylic acids is 1. The summed E-state index contributed by atoms with van der Waals surface area (Å²) >= 11 is 0. The Balaban J connectivity index is 4.78. The van der Waals surface area contributed by atoms with Crippen molar-refractivity contribution >= 4 is 11.9 Å². The van der Waals surface area contributed by atoms with Crippen LogP contribution in [0, 0.1) is 0 Å². The standard InChI is InChI=1S/C10H20N2O5/c1-6(13)4-12(5-7(2)14)8(10(16)17)3-9(11)15/h6-8,13-14H,3-5H2,1-2H3,(H2,11,15)(H,16,17)/t6?,7?,8-/m0/s1. The van der Waals surface area contributed by atoms with Gasteiger partial charge < -0.3 is 21.1 Å². The molecule has 0 saturated carbocycles. The zero-order valence-corrected chi connectivity index (χ0v) is 10.0. The molecule has 0 aliphatic rings. The van der Waals surface area contributed by atoms with Crippen molar-refractivity contribution in [1.82, 2.24) is 4.90 Å². The summed E-state index contributed by atoms with van der Waals surface area (Å²) in [4.78, 5) is 23.2. The minimum Gasteiger partial charge on any atom is -0.480 e. The van der Waals surface area contributed by atoms with Crippen LogP contribution in [0.3, 0.4) is 0 Å². The maximum Gasteiger partial charge on any atom is 0.321 e. The summed E-state index contributed by atoms with van der Waals surface area (Å²) in [6.45, 7) is 3.10. The van der Waals surface area contributed by atoms with Crippen molar-refractivity contribution in [3.63, 3.8) is 0 Å². The number of nitrogens with two attached hydrogens (primary N) is 1. The Morgan fingerprint density at radius 3 is 1.82 bits per heavy atom. The Bertz CT molecular complexity index is 257. The van der Waals surface area contributed by atoms with Gasteiger partial charge in [0.05, 0.1) is 18.6 Å². The number of amides is 1. The molecule has 0 aromatic heterocycles. The Kier molecular flexibility index (Phi) is 6.71. The highest BCUT2D eigenvalue weighted by atomic mass is 16.4. The number of rotatable bonds is 8. The number of carbonyl (C=O) groups is 2. The molecule has 0 aliphatic heterocycles. The third-order valence-corrected chi connectivity index (χ3v) is 2.12. The number of carboxylic acid groups (broad SMARTS) is 1. The first-order valence-electron chi connectivity index (χ1n) is 5.35. The van der Waals surface area contributed by atoms with Gasteiger partial charge in [0.1, 0.15) is 6.04 Å². The molecule has 7 nitrogen and oxygen atoms in total. The van der Waals surface area contributed by atoms with Crippen molar-refractivity contribution in [3.05, 3.63) is 0 Å².